The molecule has 3 N–H and O–H groups in total. The van der Waals surface area contributed by atoms with Crippen LogP contribution in [0.5, 0.6) is 0 Å². The molecule has 158 valence electrons. The van der Waals surface area contributed by atoms with Gasteiger partial charge in [-0.3, -0.25) is 19.8 Å². The zero-order valence-electron chi connectivity index (χ0n) is 17.2. The summed E-state index contributed by atoms with van der Waals surface area (Å²) in [6.45, 7) is 3.13. The van der Waals surface area contributed by atoms with E-state index in [-0.39, 0.29) is 23.8 Å². The number of nitrogens with zero attached hydrogens (tertiary/aromatic N) is 1. The van der Waals surface area contributed by atoms with E-state index in [0.29, 0.717) is 25.9 Å². The molecule has 0 radical (unpaired) electrons. The molecule has 2 aliphatic rings. The van der Waals surface area contributed by atoms with Crippen molar-refractivity contribution in [2.75, 3.05) is 18.4 Å². The lowest BCUT2D eigenvalue weighted by molar-refractivity contribution is -0.126. The number of para-hydroxylation sites is 1. The van der Waals surface area contributed by atoms with E-state index >= 15 is 0 Å². The van der Waals surface area contributed by atoms with Crippen molar-refractivity contribution < 1.29 is 14.4 Å². The highest BCUT2D eigenvalue weighted by Crippen LogP contribution is 2.21. The number of carbonyl (C=O) groups excluding carboxylic acids is 3. The fraction of sp³-hybridized carbons (Fsp3) is 0.591. The highest BCUT2D eigenvalue weighted by Gasteiger charge is 2.30. The van der Waals surface area contributed by atoms with Gasteiger partial charge < -0.3 is 10.6 Å². The Kier molecular flexibility index (Phi) is 7.63. The summed E-state index contributed by atoms with van der Waals surface area (Å²) in [6.07, 6.45) is 6.83. The van der Waals surface area contributed by atoms with E-state index < -0.39 is 12.1 Å². The summed E-state index contributed by atoms with van der Waals surface area (Å²) >= 11 is 0. The number of anilines is 1. The molecular weight excluding hydrogens is 368 g/mol. The molecule has 0 bridgehead atoms. The van der Waals surface area contributed by atoms with Crippen LogP contribution in [0, 0.1) is 5.92 Å². The van der Waals surface area contributed by atoms with E-state index in [1.165, 1.54) is 6.42 Å². The van der Waals surface area contributed by atoms with Crippen molar-refractivity contribution in [2.45, 2.75) is 64.0 Å². The molecule has 1 saturated carbocycles. The highest BCUT2D eigenvalue weighted by molar-refractivity contribution is 5.97. The average molecular weight is 401 g/mol. The maximum Gasteiger partial charge on any atom is 0.321 e. The largest absolute Gasteiger partial charge is 0.335 e. The number of amides is 4. The normalized spacial score (nSPS) is 19.9. The molecule has 29 heavy (non-hydrogen) atoms. The van der Waals surface area contributed by atoms with Crippen molar-refractivity contribution in [1.29, 1.82) is 0 Å². The Bertz CT molecular complexity index is 695. The second-order valence-electron chi connectivity index (χ2n) is 8.14. The number of nitrogens with one attached hydrogen (secondary N) is 3. The minimum atomic E-state index is -0.398. The van der Waals surface area contributed by atoms with Crippen LogP contribution in [-0.4, -0.2) is 47.9 Å². The Morgan fingerprint density at radius 3 is 2.28 bits per heavy atom. The number of carbonyl (C=O) groups is 3. The number of imide groups is 1. The van der Waals surface area contributed by atoms with E-state index in [0.717, 1.165) is 31.4 Å². The molecule has 7 heteroatoms. The molecule has 7 nitrogen and oxygen atoms in total. The van der Waals surface area contributed by atoms with Gasteiger partial charge in [0.1, 0.15) is 0 Å². The van der Waals surface area contributed by atoms with Gasteiger partial charge in [0.15, 0.2) is 0 Å². The molecule has 1 aromatic carbocycles. The van der Waals surface area contributed by atoms with E-state index in [9.17, 15) is 14.4 Å². The molecule has 0 unspecified atom stereocenters. The number of benzene rings is 1. The second-order valence-corrected chi connectivity index (χ2v) is 8.14. The third-order valence-corrected chi connectivity index (χ3v) is 6.05. The van der Waals surface area contributed by atoms with E-state index in [1.807, 2.05) is 42.2 Å². The first-order valence-corrected chi connectivity index (χ1v) is 10.7. The Labute approximate surface area is 172 Å². The SMILES string of the molecule is C[C@H](C(=O)NC(=O)NC1CCCCC1)N1CCC(C(=O)Nc2ccccc2)CC1. The van der Waals surface area contributed by atoms with Crippen molar-refractivity contribution in [3.63, 3.8) is 0 Å². The lowest BCUT2D eigenvalue weighted by atomic mass is 9.94. The number of piperidine rings is 1. The minimum Gasteiger partial charge on any atom is -0.335 e. The summed E-state index contributed by atoms with van der Waals surface area (Å²) in [5, 5.41) is 8.35. The Morgan fingerprint density at radius 2 is 1.62 bits per heavy atom. The maximum atomic E-state index is 12.5. The summed E-state index contributed by atoms with van der Waals surface area (Å²) in [5.74, 6) is -0.318. The van der Waals surface area contributed by atoms with Crippen molar-refractivity contribution in [3.8, 4) is 0 Å². The van der Waals surface area contributed by atoms with Gasteiger partial charge in [-0.2, -0.15) is 0 Å². The van der Waals surface area contributed by atoms with Crippen LogP contribution in [0.25, 0.3) is 0 Å². The molecule has 3 rings (SSSR count). The molecule has 0 spiro atoms. The molecule has 2 fully saturated rings. The number of urea groups is 1. The van der Waals surface area contributed by atoms with Crippen LogP contribution in [0.15, 0.2) is 30.3 Å². The van der Waals surface area contributed by atoms with Crippen LogP contribution in [-0.2, 0) is 9.59 Å². The van der Waals surface area contributed by atoms with Crippen molar-refractivity contribution in [3.05, 3.63) is 30.3 Å². The van der Waals surface area contributed by atoms with Gasteiger partial charge >= 0.3 is 6.03 Å². The van der Waals surface area contributed by atoms with Crippen LogP contribution in [0.4, 0.5) is 10.5 Å². The average Bonchev–Trinajstić information content (AvgIpc) is 2.74. The van der Waals surface area contributed by atoms with E-state index in [1.54, 1.807) is 0 Å². The molecular formula is C22H32N4O3. The maximum absolute atomic E-state index is 12.5. The standard InChI is InChI=1S/C22H32N4O3/c1-16(20(27)25-22(29)24-19-10-6-3-7-11-19)26-14-12-17(13-15-26)21(28)23-18-8-4-2-5-9-18/h2,4-5,8-9,16-17,19H,3,6-7,10-15H2,1H3,(H,23,28)(H2,24,25,27,29)/t16-/m1/s1. The topological polar surface area (TPSA) is 90.5 Å². The summed E-state index contributed by atoms with van der Waals surface area (Å²) in [7, 11) is 0. The van der Waals surface area contributed by atoms with Gasteiger partial charge in [0.25, 0.3) is 0 Å². The van der Waals surface area contributed by atoms with Crippen molar-refractivity contribution >= 4 is 23.5 Å². The Balaban J connectivity index is 1.40. The quantitative estimate of drug-likeness (QED) is 0.709. The second kappa shape index (κ2) is 10.4. The number of rotatable bonds is 5. The van der Waals surface area contributed by atoms with Gasteiger partial charge in [-0.1, -0.05) is 37.5 Å². The first-order chi connectivity index (χ1) is 14.0. The molecule has 0 aromatic heterocycles. The van der Waals surface area contributed by atoms with Gasteiger partial charge in [-0.05, 0) is 57.8 Å². The monoisotopic (exact) mass is 400 g/mol. The lowest BCUT2D eigenvalue weighted by Crippen LogP contribution is -2.53. The van der Waals surface area contributed by atoms with Crippen molar-refractivity contribution in [1.82, 2.24) is 15.5 Å². The first-order valence-electron chi connectivity index (χ1n) is 10.7. The Morgan fingerprint density at radius 1 is 0.966 bits per heavy atom. The fourth-order valence-electron chi connectivity index (χ4n) is 4.17. The third kappa shape index (κ3) is 6.29. The molecule has 1 aliphatic heterocycles. The number of hydrogen-bond acceptors (Lipinski definition) is 4. The summed E-state index contributed by atoms with van der Waals surface area (Å²) < 4.78 is 0. The van der Waals surface area contributed by atoms with Crippen molar-refractivity contribution in [2.24, 2.45) is 5.92 Å². The minimum absolute atomic E-state index is 0.0276. The molecule has 1 aliphatic carbocycles. The van der Waals surface area contributed by atoms with Gasteiger partial charge in [0, 0.05) is 17.6 Å². The number of hydrogen-bond donors (Lipinski definition) is 3. The van der Waals surface area contributed by atoms with Gasteiger partial charge in [0.05, 0.1) is 6.04 Å². The number of likely N-dealkylation sites (tertiary alicyclic amines) is 1. The zero-order chi connectivity index (χ0) is 20.6. The Hall–Kier alpha value is -2.41. The smallest absolute Gasteiger partial charge is 0.321 e. The van der Waals surface area contributed by atoms with Gasteiger partial charge in [-0.25, -0.2) is 4.79 Å². The predicted molar refractivity (Wildman–Crippen MR) is 112 cm³/mol. The predicted octanol–water partition coefficient (Wildman–Crippen LogP) is 2.88. The van der Waals surface area contributed by atoms with Crippen LogP contribution < -0.4 is 16.0 Å². The summed E-state index contributed by atoms with van der Waals surface area (Å²) in [6, 6.07) is 8.82. The van der Waals surface area contributed by atoms with Crippen LogP contribution in [0.3, 0.4) is 0 Å². The summed E-state index contributed by atoms with van der Waals surface area (Å²) in [4.78, 5) is 39.1. The van der Waals surface area contributed by atoms with Gasteiger partial charge in [0.2, 0.25) is 11.8 Å². The summed E-state index contributed by atoms with van der Waals surface area (Å²) in [5.41, 5.74) is 0.802. The fourth-order valence-corrected chi connectivity index (χ4v) is 4.17. The molecule has 1 saturated heterocycles. The molecule has 1 aromatic rings. The zero-order valence-corrected chi connectivity index (χ0v) is 17.2. The molecule has 4 amide bonds. The lowest BCUT2D eigenvalue weighted by Gasteiger charge is -2.34. The van der Waals surface area contributed by atoms with Crippen LogP contribution in [0.1, 0.15) is 51.9 Å². The first kappa shape index (κ1) is 21.3. The van der Waals surface area contributed by atoms with Gasteiger partial charge in [-0.15, -0.1) is 0 Å². The molecule has 1 heterocycles. The van der Waals surface area contributed by atoms with Crippen LogP contribution in [0.2, 0.25) is 0 Å². The third-order valence-electron chi connectivity index (χ3n) is 6.05. The highest BCUT2D eigenvalue weighted by atomic mass is 16.2. The molecule has 1 atom stereocenters. The van der Waals surface area contributed by atoms with E-state index in [4.69, 9.17) is 0 Å². The van der Waals surface area contributed by atoms with Crippen LogP contribution >= 0.6 is 0 Å². The van der Waals surface area contributed by atoms with E-state index in [2.05, 4.69) is 16.0 Å².